The van der Waals surface area contributed by atoms with Crippen molar-refractivity contribution < 1.29 is 4.79 Å². The predicted molar refractivity (Wildman–Crippen MR) is 45.7 cm³/mol. The van der Waals surface area contributed by atoms with Crippen LogP contribution >= 0.6 is 15.9 Å². The zero-order valence-corrected chi connectivity index (χ0v) is 7.36. The Morgan fingerprint density at radius 3 is 3.09 bits per heavy atom. The van der Waals surface area contributed by atoms with Crippen molar-refractivity contribution >= 4 is 22.2 Å². The third-order valence-corrected chi connectivity index (χ3v) is 1.54. The SMILES string of the molecule is O=Cc1ccn(CC=CBr)n1. The Morgan fingerprint density at radius 2 is 2.55 bits per heavy atom. The molecule has 1 rings (SSSR count). The zero-order valence-electron chi connectivity index (χ0n) is 5.77. The number of hydrogen-bond donors (Lipinski definition) is 0. The highest BCUT2D eigenvalue weighted by atomic mass is 79.9. The van der Waals surface area contributed by atoms with Gasteiger partial charge in [0.2, 0.25) is 0 Å². The van der Waals surface area contributed by atoms with Crippen LogP contribution < -0.4 is 0 Å². The minimum absolute atomic E-state index is 0.466. The summed E-state index contributed by atoms with van der Waals surface area (Å²) in [4.78, 5) is 11.9. The van der Waals surface area contributed by atoms with Crippen molar-refractivity contribution in [2.45, 2.75) is 6.54 Å². The summed E-state index contributed by atoms with van der Waals surface area (Å²) >= 11 is 3.14. The molecule has 0 fully saturated rings. The fraction of sp³-hybridized carbons (Fsp3) is 0.143. The van der Waals surface area contributed by atoms with Crippen molar-refractivity contribution in [3.05, 3.63) is 29.0 Å². The quantitative estimate of drug-likeness (QED) is 0.717. The Bertz CT molecular complexity index is 267. The van der Waals surface area contributed by atoms with Gasteiger partial charge in [-0.05, 0) is 11.1 Å². The molecule has 0 aliphatic rings. The van der Waals surface area contributed by atoms with Crippen molar-refractivity contribution in [1.29, 1.82) is 0 Å². The van der Waals surface area contributed by atoms with Crippen LogP contribution in [0.5, 0.6) is 0 Å². The minimum atomic E-state index is 0.466. The predicted octanol–water partition coefficient (Wildman–Crippen LogP) is 1.60. The van der Waals surface area contributed by atoms with Crippen molar-refractivity contribution in [1.82, 2.24) is 9.78 Å². The molecule has 0 bridgehead atoms. The highest BCUT2D eigenvalue weighted by Gasteiger charge is 1.92. The number of rotatable bonds is 3. The number of nitrogens with zero attached hydrogens (tertiary/aromatic N) is 2. The lowest BCUT2D eigenvalue weighted by Gasteiger charge is -1.91. The molecule has 0 spiro atoms. The summed E-state index contributed by atoms with van der Waals surface area (Å²) in [6.45, 7) is 0.680. The molecular weight excluding hydrogens is 208 g/mol. The van der Waals surface area contributed by atoms with Crippen molar-refractivity contribution in [2.75, 3.05) is 0 Å². The van der Waals surface area contributed by atoms with Crippen LogP contribution in [-0.4, -0.2) is 16.1 Å². The van der Waals surface area contributed by atoms with Gasteiger partial charge in [-0.1, -0.05) is 22.0 Å². The van der Waals surface area contributed by atoms with Crippen molar-refractivity contribution in [2.24, 2.45) is 0 Å². The third-order valence-electron chi connectivity index (χ3n) is 1.16. The fourth-order valence-electron chi connectivity index (χ4n) is 0.690. The van der Waals surface area contributed by atoms with E-state index in [-0.39, 0.29) is 0 Å². The van der Waals surface area contributed by atoms with Crippen molar-refractivity contribution in [3.8, 4) is 0 Å². The van der Waals surface area contributed by atoms with Gasteiger partial charge in [-0.3, -0.25) is 9.48 Å². The van der Waals surface area contributed by atoms with Crippen LogP contribution in [0.25, 0.3) is 0 Å². The number of halogens is 1. The maximum absolute atomic E-state index is 10.2. The van der Waals surface area contributed by atoms with E-state index in [1.165, 1.54) is 0 Å². The lowest BCUT2D eigenvalue weighted by molar-refractivity contribution is 0.111. The molecule has 0 saturated heterocycles. The molecule has 0 aliphatic heterocycles. The van der Waals surface area contributed by atoms with Gasteiger partial charge < -0.3 is 0 Å². The summed E-state index contributed by atoms with van der Waals surface area (Å²) in [6, 6.07) is 1.68. The van der Waals surface area contributed by atoms with Gasteiger partial charge in [0.1, 0.15) is 5.69 Å². The van der Waals surface area contributed by atoms with Crippen LogP contribution in [0.15, 0.2) is 23.3 Å². The van der Waals surface area contributed by atoms with E-state index in [0.717, 1.165) is 6.29 Å². The van der Waals surface area contributed by atoms with E-state index in [1.807, 2.05) is 6.08 Å². The molecule has 1 aromatic heterocycles. The maximum Gasteiger partial charge on any atom is 0.170 e. The average molecular weight is 215 g/mol. The molecule has 0 radical (unpaired) electrons. The Morgan fingerprint density at radius 1 is 1.73 bits per heavy atom. The Balaban J connectivity index is 2.65. The Kier molecular flexibility index (Phi) is 3.04. The summed E-state index contributed by atoms with van der Waals surface area (Å²) in [5.41, 5.74) is 0.466. The average Bonchev–Trinajstić information content (AvgIpc) is 2.48. The molecular formula is C7H7BrN2O. The van der Waals surface area contributed by atoms with E-state index in [0.29, 0.717) is 12.2 Å². The molecule has 0 saturated carbocycles. The second kappa shape index (κ2) is 4.08. The van der Waals surface area contributed by atoms with Crippen LogP contribution in [0.1, 0.15) is 10.5 Å². The number of carbonyl (C=O) groups is 1. The topological polar surface area (TPSA) is 34.9 Å². The molecule has 0 N–H and O–H groups in total. The molecule has 0 unspecified atom stereocenters. The summed E-state index contributed by atoms with van der Waals surface area (Å²) in [5, 5.41) is 3.94. The summed E-state index contributed by atoms with van der Waals surface area (Å²) < 4.78 is 1.68. The summed E-state index contributed by atoms with van der Waals surface area (Å²) in [5.74, 6) is 0. The normalized spacial score (nSPS) is 10.6. The Hall–Kier alpha value is -0.900. The molecule has 0 amide bonds. The largest absolute Gasteiger partial charge is 0.296 e. The first kappa shape index (κ1) is 8.20. The third kappa shape index (κ3) is 2.31. The molecule has 4 heteroatoms. The van der Waals surface area contributed by atoms with Gasteiger partial charge in [0.25, 0.3) is 0 Å². The number of carbonyl (C=O) groups excluding carboxylic acids is 1. The van der Waals surface area contributed by atoms with E-state index >= 15 is 0 Å². The van der Waals surface area contributed by atoms with Gasteiger partial charge >= 0.3 is 0 Å². The van der Waals surface area contributed by atoms with E-state index in [4.69, 9.17) is 0 Å². The first-order valence-electron chi connectivity index (χ1n) is 3.10. The number of aldehydes is 1. The van der Waals surface area contributed by atoms with E-state index < -0.39 is 0 Å². The van der Waals surface area contributed by atoms with Crippen molar-refractivity contribution in [3.63, 3.8) is 0 Å². The zero-order chi connectivity index (χ0) is 8.10. The lowest BCUT2D eigenvalue weighted by atomic mass is 10.5. The number of hydrogen-bond acceptors (Lipinski definition) is 2. The summed E-state index contributed by atoms with van der Waals surface area (Å²) in [7, 11) is 0. The van der Waals surface area contributed by atoms with Gasteiger partial charge in [-0.2, -0.15) is 5.10 Å². The van der Waals surface area contributed by atoms with E-state index in [2.05, 4.69) is 21.0 Å². The molecule has 11 heavy (non-hydrogen) atoms. The second-order valence-corrected chi connectivity index (χ2v) is 2.47. The van der Waals surface area contributed by atoms with Gasteiger partial charge in [-0.15, -0.1) is 0 Å². The maximum atomic E-state index is 10.2. The smallest absolute Gasteiger partial charge is 0.170 e. The number of aromatic nitrogens is 2. The highest BCUT2D eigenvalue weighted by Crippen LogP contribution is 1.93. The lowest BCUT2D eigenvalue weighted by Crippen LogP contribution is -1.95. The van der Waals surface area contributed by atoms with Crippen LogP contribution in [0.4, 0.5) is 0 Å². The van der Waals surface area contributed by atoms with Crippen LogP contribution in [0, 0.1) is 0 Å². The molecule has 58 valence electrons. The monoisotopic (exact) mass is 214 g/mol. The molecule has 1 heterocycles. The van der Waals surface area contributed by atoms with Gasteiger partial charge in [0, 0.05) is 6.20 Å². The standard InChI is InChI=1S/C7H7BrN2O/c8-3-1-4-10-5-2-7(6-11)9-10/h1-3,5-6H,4H2. The van der Waals surface area contributed by atoms with Crippen LogP contribution in [0.3, 0.4) is 0 Å². The molecule has 3 nitrogen and oxygen atoms in total. The molecule has 0 atom stereocenters. The molecule has 0 aromatic carbocycles. The van der Waals surface area contributed by atoms with Gasteiger partial charge in [0.15, 0.2) is 6.29 Å². The van der Waals surface area contributed by atoms with Crippen LogP contribution in [-0.2, 0) is 6.54 Å². The first-order valence-corrected chi connectivity index (χ1v) is 4.02. The van der Waals surface area contributed by atoms with E-state index in [1.54, 1.807) is 21.9 Å². The van der Waals surface area contributed by atoms with E-state index in [9.17, 15) is 4.79 Å². The highest BCUT2D eigenvalue weighted by molar-refractivity contribution is 9.11. The van der Waals surface area contributed by atoms with Crippen LogP contribution in [0.2, 0.25) is 0 Å². The second-order valence-electron chi connectivity index (χ2n) is 1.94. The Labute approximate surface area is 72.8 Å². The first-order chi connectivity index (χ1) is 5.36. The van der Waals surface area contributed by atoms with Gasteiger partial charge in [-0.25, -0.2) is 0 Å². The molecule has 0 aliphatic carbocycles. The fourth-order valence-corrected chi connectivity index (χ4v) is 0.857. The molecule has 1 aromatic rings. The minimum Gasteiger partial charge on any atom is -0.296 e. The number of allylic oxidation sites excluding steroid dienone is 1. The summed E-state index contributed by atoms with van der Waals surface area (Å²) in [6.07, 6.45) is 4.38. The van der Waals surface area contributed by atoms with Gasteiger partial charge in [0.05, 0.1) is 6.54 Å².